The van der Waals surface area contributed by atoms with Crippen LogP contribution in [0.4, 0.5) is 4.79 Å². The fourth-order valence-electron chi connectivity index (χ4n) is 4.13. The van der Waals surface area contributed by atoms with Gasteiger partial charge in [0, 0.05) is 32.2 Å². The summed E-state index contributed by atoms with van der Waals surface area (Å²) in [5.41, 5.74) is 0. The first kappa shape index (κ1) is 17.0. The Morgan fingerprint density at radius 2 is 1.58 bits per heavy atom. The van der Waals surface area contributed by atoms with E-state index in [0.717, 1.165) is 51.7 Å². The summed E-state index contributed by atoms with van der Waals surface area (Å²) in [4.78, 5) is 39.7. The van der Waals surface area contributed by atoms with Gasteiger partial charge in [0.05, 0.1) is 11.8 Å². The molecule has 3 fully saturated rings. The van der Waals surface area contributed by atoms with Crippen LogP contribution in [0.2, 0.25) is 0 Å². The molecule has 1 aliphatic carbocycles. The number of nitrogens with zero attached hydrogens (tertiary/aromatic N) is 2. The van der Waals surface area contributed by atoms with E-state index in [-0.39, 0.29) is 29.8 Å². The lowest BCUT2D eigenvalue weighted by Gasteiger charge is -2.35. The quantitative estimate of drug-likeness (QED) is 0.812. The van der Waals surface area contributed by atoms with Crippen LogP contribution in [0, 0.1) is 11.8 Å². The maximum absolute atomic E-state index is 12.5. The minimum Gasteiger partial charge on any atom is -0.481 e. The van der Waals surface area contributed by atoms with E-state index in [1.807, 2.05) is 9.80 Å². The Kier molecular flexibility index (Phi) is 5.26. The average molecular weight is 337 g/mol. The Labute approximate surface area is 142 Å². The number of hydrogen-bond donors (Lipinski definition) is 2. The maximum Gasteiger partial charge on any atom is 0.320 e. The molecule has 0 radical (unpaired) electrons. The van der Waals surface area contributed by atoms with Crippen LogP contribution in [-0.2, 0) is 9.59 Å². The SMILES string of the molecule is O=C(N[C@@H]1CC[C@H](C(=O)O)C1)C1CCCN(C(=O)N2CCCC2)C1. The first-order valence-corrected chi connectivity index (χ1v) is 9.11. The number of nitrogens with one attached hydrogen (secondary N) is 1. The number of piperidine rings is 1. The molecule has 2 heterocycles. The zero-order valence-electron chi connectivity index (χ0n) is 14.1. The highest BCUT2D eigenvalue weighted by Crippen LogP contribution is 2.27. The van der Waals surface area contributed by atoms with E-state index in [2.05, 4.69) is 5.32 Å². The summed E-state index contributed by atoms with van der Waals surface area (Å²) in [5.74, 6) is -1.30. The van der Waals surface area contributed by atoms with Gasteiger partial charge in [-0.15, -0.1) is 0 Å². The summed E-state index contributed by atoms with van der Waals surface area (Å²) < 4.78 is 0. The predicted molar refractivity (Wildman–Crippen MR) is 87.4 cm³/mol. The second kappa shape index (κ2) is 7.40. The lowest BCUT2D eigenvalue weighted by atomic mass is 9.96. The van der Waals surface area contributed by atoms with Crippen LogP contribution in [0.5, 0.6) is 0 Å². The second-order valence-corrected chi connectivity index (χ2v) is 7.32. The van der Waals surface area contributed by atoms with Gasteiger partial charge in [-0.1, -0.05) is 0 Å². The number of hydrogen-bond acceptors (Lipinski definition) is 3. The molecule has 3 atom stereocenters. The number of urea groups is 1. The maximum atomic E-state index is 12.5. The molecule has 134 valence electrons. The van der Waals surface area contributed by atoms with Crippen molar-refractivity contribution in [2.24, 2.45) is 11.8 Å². The third-order valence-corrected chi connectivity index (χ3v) is 5.57. The third kappa shape index (κ3) is 3.82. The number of rotatable bonds is 3. The molecule has 1 saturated carbocycles. The Morgan fingerprint density at radius 1 is 0.875 bits per heavy atom. The standard InChI is InChI=1S/C17H27N3O4/c21-15(18-14-6-5-12(10-14)16(22)23)13-4-3-9-20(11-13)17(24)19-7-1-2-8-19/h12-14H,1-11H2,(H,18,21)(H,22,23)/t12-,13?,14+/m0/s1. The van der Waals surface area contributed by atoms with Crippen molar-refractivity contribution in [3.8, 4) is 0 Å². The van der Waals surface area contributed by atoms with Gasteiger partial charge in [0.15, 0.2) is 0 Å². The monoisotopic (exact) mass is 337 g/mol. The Morgan fingerprint density at radius 3 is 2.25 bits per heavy atom. The van der Waals surface area contributed by atoms with E-state index >= 15 is 0 Å². The first-order valence-electron chi connectivity index (χ1n) is 9.11. The Balaban J connectivity index is 1.50. The van der Waals surface area contributed by atoms with Crippen LogP contribution < -0.4 is 5.32 Å². The van der Waals surface area contributed by atoms with Gasteiger partial charge in [-0.25, -0.2) is 4.79 Å². The normalized spacial score (nSPS) is 30.4. The number of carbonyl (C=O) groups excluding carboxylic acids is 2. The molecule has 1 unspecified atom stereocenters. The first-order chi connectivity index (χ1) is 11.5. The van der Waals surface area contributed by atoms with Gasteiger partial charge in [-0.05, 0) is 44.9 Å². The van der Waals surface area contributed by atoms with Gasteiger partial charge in [0.25, 0.3) is 0 Å². The van der Waals surface area contributed by atoms with E-state index in [1.54, 1.807) is 0 Å². The lowest BCUT2D eigenvalue weighted by Crippen LogP contribution is -2.50. The van der Waals surface area contributed by atoms with E-state index < -0.39 is 5.97 Å². The molecule has 0 spiro atoms. The molecule has 2 N–H and O–H groups in total. The van der Waals surface area contributed by atoms with Crippen LogP contribution in [0.3, 0.4) is 0 Å². The van der Waals surface area contributed by atoms with Gasteiger partial charge in [-0.3, -0.25) is 9.59 Å². The van der Waals surface area contributed by atoms with Crippen molar-refractivity contribution in [1.82, 2.24) is 15.1 Å². The van der Waals surface area contributed by atoms with Crippen molar-refractivity contribution in [3.05, 3.63) is 0 Å². The highest BCUT2D eigenvalue weighted by Gasteiger charge is 2.35. The fourth-order valence-corrected chi connectivity index (χ4v) is 4.13. The summed E-state index contributed by atoms with van der Waals surface area (Å²) in [5, 5.41) is 12.1. The highest BCUT2D eigenvalue weighted by atomic mass is 16.4. The van der Waals surface area contributed by atoms with Crippen LogP contribution in [0.25, 0.3) is 0 Å². The van der Waals surface area contributed by atoms with E-state index in [9.17, 15) is 14.4 Å². The molecule has 0 aromatic heterocycles. The van der Waals surface area contributed by atoms with E-state index in [4.69, 9.17) is 5.11 Å². The van der Waals surface area contributed by atoms with Gasteiger partial charge in [0.1, 0.15) is 0 Å². The minimum atomic E-state index is -0.771. The third-order valence-electron chi connectivity index (χ3n) is 5.57. The number of likely N-dealkylation sites (tertiary alicyclic amines) is 2. The topological polar surface area (TPSA) is 90.0 Å². The molecular formula is C17H27N3O4. The molecule has 3 aliphatic rings. The summed E-state index contributed by atoms with van der Waals surface area (Å²) in [7, 11) is 0. The molecule has 7 nitrogen and oxygen atoms in total. The minimum absolute atomic E-state index is 0.0232. The van der Waals surface area contributed by atoms with Crippen molar-refractivity contribution >= 4 is 17.9 Å². The molecule has 3 amide bonds. The zero-order valence-corrected chi connectivity index (χ0v) is 14.1. The number of carboxylic acids is 1. The zero-order chi connectivity index (χ0) is 17.1. The van der Waals surface area contributed by atoms with Gasteiger partial charge >= 0.3 is 12.0 Å². The van der Waals surface area contributed by atoms with Crippen molar-refractivity contribution in [2.45, 2.75) is 51.0 Å². The largest absolute Gasteiger partial charge is 0.481 e. The molecule has 24 heavy (non-hydrogen) atoms. The summed E-state index contributed by atoms with van der Waals surface area (Å²) in [6.45, 7) is 2.86. The Hall–Kier alpha value is -1.79. The van der Waals surface area contributed by atoms with Crippen molar-refractivity contribution in [1.29, 1.82) is 0 Å². The molecule has 0 bridgehead atoms. The van der Waals surface area contributed by atoms with Crippen molar-refractivity contribution < 1.29 is 19.5 Å². The second-order valence-electron chi connectivity index (χ2n) is 7.32. The van der Waals surface area contributed by atoms with Crippen LogP contribution in [0.15, 0.2) is 0 Å². The number of carboxylic acid groups (broad SMARTS) is 1. The lowest BCUT2D eigenvalue weighted by molar-refractivity contribution is -0.141. The van der Waals surface area contributed by atoms with Crippen LogP contribution in [-0.4, -0.2) is 65.0 Å². The van der Waals surface area contributed by atoms with Crippen LogP contribution in [0.1, 0.15) is 44.9 Å². The number of carbonyl (C=O) groups is 3. The Bertz CT molecular complexity index is 504. The average Bonchev–Trinajstić information content (AvgIpc) is 3.26. The number of amides is 3. The van der Waals surface area contributed by atoms with E-state index in [1.165, 1.54) is 0 Å². The molecule has 0 aromatic carbocycles. The smallest absolute Gasteiger partial charge is 0.320 e. The van der Waals surface area contributed by atoms with Gasteiger partial charge in [-0.2, -0.15) is 0 Å². The van der Waals surface area contributed by atoms with Crippen molar-refractivity contribution in [2.75, 3.05) is 26.2 Å². The molecule has 3 rings (SSSR count). The molecule has 2 aliphatic heterocycles. The number of aliphatic carboxylic acids is 1. The fraction of sp³-hybridized carbons (Fsp3) is 0.824. The molecule has 7 heteroatoms. The van der Waals surface area contributed by atoms with Crippen molar-refractivity contribution in [3.63, 3.8) is 0 Å². The summed E-state index contributed by atoms with van der Waals surface area (Å²) in [6, 6.07) is 0.0278. The summed E-state index contributed by atoms with van der Waals surface area (Å²) in [6.07, 6.45) is 5.65. The molecular weight excluding hydrogens is 310 g/mol. The van der Waals surface area contributed by atoms with Crippen LogP contribution >= 0.6 is 0 Å². The van der Waals surface area contributed by atoms with E-state index in [0.29, 0.717) is 19.4 Å². The van der Waals surface area contributed by atoms with Gasteiger partial charge < -0.3 is 20.2 Å². The molecule has 2 saturated heterocycles. The summed E-state index contributed by atoms with van der Waals surface area (Å²) >= 11 is 0. The molecule has 0 aromatic rings. The highest BCUT2D eigenvalue weighted by molar-refractivity contribution is 5.81. The predicted octanol–water partition coefficient (Wildman–Crippen LogP) is 1.28. The van der Waals surface area contributed by atoms with Gasteiger partial charge in [0.2, 0.25) is 5.91 Å².